The lowest BCUT2D eigenvalue weighted by Crippen LogP contribution is -2.39. The molecular formula is C26H32O3Si. The summed E-state index contributed by atoms with van der Waals surface area (Å²) in [6.07, 6.45) is 0.525. The van der Waals surface area contributed by atoms with Crippen molar-refractivity contribution >= 4 is 25.1 Å². The van der Waals surface area contributed by atoms with Gasteiger partial charge >= 0.3 is 5.97 Å². The van der Waals surface area contributed by atoms with E-state index in [0.29, 0.717) is 0 Å². The highest BCUT2D eigenvalue weighted by molar-refractivity contribution is 6.69. The first-order valence-electron chi connectivity index (χ1n) is 10.4. The molecule has 0 aliphatic heterocycles. The largest absolute Gasteiger partial charge is 0.469 e. The van der Waals surface area contributed by atoms with Gasteiger partial charge in [0, 0.05) is 0 Å². The summed E-state index contributed by atoms with van der Waals surface area (Å²) in [7, 11) is -0.447. The Morgan fingerprint density at radius 3 is 2.10 bits per heavy atom. The lowest BCUT2D eigenvalue weighted by molar-refractivity contribution is -0.156. The second kappa shape index (κ2) is 8.74. The molecule has 0 heterocycles. The minimum Gasteiger partial charge on any atom is -0.469 e. The Morgan fingerprint density at radius 2 is 1.50 bits per heavy atom. The van der Waals surface area contributed by atoms with Crippen LogP contribution in [0.15, 0.2) is 66.7 Å². The Bertz CT molecular complexity index is 1020. The van der Waals surface area contributed by atoms with Crippen molar-refractivity contribution in [1.29, 1.82) is 0 Å². The molecule has 4 heteroatoms. The van der Waals surface area contributed by atoms with Crippen molar-refractivity contribution in [3.05, 3.63) is 83.4 Å². The minimum absolute atomic E-state index is 0.258. The maximum atomic E-state index is 12.5. The van der Waals surface area contributed by atoms with Crippen molar-refractivity contribution in [2.75, 3.05) is 7.11 Å². The van der Waals surface area contributed by atoms with E-state index in [9.17, 15) is 4.79 Å². The number of methoxy groups -OCH3 is 1. The zero-order valence-corrected chi connectivity index (χ0v) is 19.9. The fraction of sp³-hybridized carbons (Fsp3) is 0.346. The average molecular weight is 421 g/mol. The van der Waals surface area contributed by atoms with E-state index in [1.165, 1.54) is 29.0 Å². The predicted molar refractivity (Wildman–Crippen MR) is 126 cm³/mol. The van der Waals surface area contributed by atoms with Crippen LogP contribution in [0.4, 0.5) is 0 Å². The Morgan fingerprint density at radius 1 is 0.900 bits per heavy atom. The quantitative estimate of drug-likeness (QED) is 0.322. The number of hydrogen-bond acceptors (Lipinski definition) is 3. The molecule has 158 valence electrons. The molecule has 0 saturated carbocycles. The molecule has 1 unspecified atom stereocenters. The Kier molecular flexibility index (Phi) is 6.49. The molecule has 3 aromatic rings. The number of carbonyl (C=O) groups excluding carboxylic acids is 1. The molecule has 0 aromatic heterocycles. The van der Waals surface area contributed by atoms with Gasteiger partial charge in [-0.1, -0.05) is 66.7 Å². The van der Waals surface area contributed by atoms with Crippen LogP contribution >= 0.6 is 0 Å². The molecule has 3 nitrogen and oxygen atoms in total. The van der Waals surface area contributed by atoms with Gasteiger partial charge in [-0.15, -0.1) is 0 Å². The van der Waals surface area contributed by atoms with Gasteiger partial charge in [0.25, 0.3) is 0 Å². The third-order valence-electron chi connectivity index (χ3n) is 5.34. The number of carbonyl (C=O) groups is 1. The molecule has 0 bridgehead atoms. The van der Waals surface area contributed by atoms with Crippen molar-refractivity contribution in [3.8, 4) is 0 Å². The third kappa shape index (κ3) is 5.18. The van der Waals surface area contributed by atoms with Crippen LogP contribution in [0, 0.1) is 5.41 Å². The number of esters is 1. The third-order valence-corrected chi connectivity index (χ3v) is 6.29. The van der Waals surface area contributed by atoms with E-state index in [2.05, 4.69) is 86.4 Å². The highest BCUT2D eigenvalue weighted by Crippen LogP contribution is 2.40. The monoisotopic (exact) mass is 420 g/mol. The van der Waals surface area contributed by atoms with E-state index >= 15 is 0 Å². The second-order valence-electron chi connectivity index (χ2n) is 9.42. The number of hydrogen-bond donors (Lipinski definition) is 0. The molecule has 30 heavy (non-hydrogen) atoms. The maximum absolute atomic E-state index is 12.5. The van der Waals surface area contributed by atoms with Crippen LogP contribution in [0.1, 0.15) is 36.6 Å². The van der Waals surface area contributed by atoms with Gasteiger partial charge in [-0.2, -0.15) is 0 Å². The molecule has 0 amide bonds. The van der Waals surface area contributed by atoms with Gasteiger partial charge in [0.2, 0.25) is 0 Å². The molecule has 0 aliphatic carbocycles. The molecule has 1 atom stereocenters. The normalized spacial score (nSPS) is 13.3. The number of ether oxygens (including phenoxy) is 1. The average Bonchev–Trinajstić information content (AvgIpc) is 2.71. The van der Waals surface area contributed by atoms with Crippen molar-refractivity contribution in [1.82, 2.24) is 0 Å². The fourth-order valence-corrected chi connectivity index (χ4v) is 4.89. The zero-order valence-electron chi connectivity index (χ0n) is 18.9. The molecule has 0 fully saturated rings. The van der Waals surface area contributed by atoms with E-state index in [-0.39, 0.29) is 12.1 Å². The van der Waals surface area contributed by atoms with Gasteiger partial charge in [-0.3, -0.25) is 4.79 Å². The molecule has 0 spiro atoms. The molecule has 3 aromatic carbocycles. The van der Waals surface area contributed by atoms with E-state index in [0.717, 1.165) is 12.0 Å². The molecule has 0 N–H and O–H groups in total. The van der Waals surface area contributed by atoms with Gasteiger partial charge < -0.3 is 9.16 Å². The van der Waals surface area contributed by atoms with E-state index in [1.807, 2.05) is 13.8 Å². The van der Waals surface area contributed by atoms with E-state index < -0.39 is 13.7 Å². The summed E-state index contributed by atoms with van der Waals surface area (Å²) >= 11 is 0. The minimum atomic E-state index is -1.88. The lowest BCUT2D eigenvalue weighted by atomic mass is 9.82. The fourth-order valence-electron chi connectivity index (χ4n) is 3.75. The van der Waals surface area contributed by atoms with Crippen LogP contribution in [0.3, 0.4) is 0 Å². The summed E-state index contributed by atoms with van der Waals surface area (Å²) < 4.78 is 11.5. The van der Waals surface area contributed by atoms with Crippen LogP contribution in [0.5, 0.6) is 0 Å². The van der Waals surface area contributed by atoms with Crippen LogP contribution in [-0.4, -0.2) is 21.4 Å². The smallest absolute Gasteiger partial charge is 0.314 e. The first kappa shape index (κ1) is 22.3. The summed E-state index contributed by atoms with van der Waals surface area (Å²) in [5, 5.41) is 2.52. The van der Waals surface area contributed by atoms with Crippen molar-refractivity contribution < 1.29 is 14.0 Å². The van der Waals surface area contributed by atoms with Gasteiger partial charge in [0.15, 0.2) is 8.32 Å². The SMILES string of the molecule is COC(=O)C(C)(C)C(O[Si](C)(C)C)c1ccc(Cc2ccc3ccccc3c2)cc1. The molecule has 3 rings (SSSR count). The topological polar surface area (TPSA) is 35.5 Å². The van der Waals surface area contributed by atoms with Crippen LogP contribution in [-0.2, 0) is 20.4 Å². The predicted octanol–water partition coefficient (Wildman–Crippen LogP) is 6.52. The second-order valence-corrected chi connectivity index (χ2v) is 13.9. The Labute approximate surface area is 181 Å². The maximum Gasteiger partial charge on any atom is 0.314 e. The number of benzene rings is 3. The zero-order chi connectivity index (χ0) is 21.9. The molecular weight excluding hydrogens is 388 g/mol. The van der Waals surface area contributed by atoms with Crippen LogP contribution in [0.25, 0.3) is 10.8 Å². The van der Waals surface area contributed by atoms with Crippen LogP contribution in [0.2, 0.25) is 19.6 Å². The standard InChI is InChI=1S/C26H32O3Si/c1-26(2,25(27)28-3)24(29-30(4,5)6)22-15-11-19(12-16-22)17-20-13-14-21-9-7-8-10-23(21)18-20/h7-16,18,24H,17H2,1-6H3. The summed E-state index contributed by atoms with van der Waals surface area (Å²) in [5.74, 6) is -0.258. The Hall–Kier alpha value is -2.43. The van der Waals surface area contributed by atoms with Crippen molar-refractivity contribution in [3.63, 3.8) is 0 Å². The van der Waals surface area contributed by atoms with Gasteiger partial charge in [-0.05, 0) is 67.4 Å². The first-order valence-corrected chi connectivity index (χ1v) is 13.8. The number of rotatable bonds is 7. The van der Waals surface area contributed by atoms with Crippen molar-refractivity contribution in [2.45, 2.75) is 46.0 Å². The molecule has 0 saturated heterocycles. The number of fused-ring (bicyclic) bond motifs is 1. The molecule has 0 radical (unpaired) electrons. The summed E-state index contributed by atoms with van der Waals surface area (Å²) in [5.41, 5.74) is 2.76. The summed E-state index contributed by atoms with van der Waals surface area (Å²) in [6, 6.07) is 23.5. The van der Waals surface area contributed by atoms with Crippen LogP contribution < -0.4 is 0 Å². The van der Waals surface area contributed by atoms with Gasteiger partial charge in [0.05, 0.1) is 18.6 Å². The highest BCUT2D eigenvalue weighted by Gasteiger charge is 2.41. The summed E-state index contributed by atoms with van der Waals surface area (Å²) in [6.45, 7) is 10.2. The Balaban J connectivity index is 1.85. The summed E-state index contributed by atoms with van der Waals surface area (Å²) in [4.78, 5) is 12.5. The van der Waals surface area contributed by atoms with E-state index in [1.54, 1.807) is 0 Å². The van der Waals surface area contributed by atoms with E-state index in [4.69, 9.17) is 9.16 Å². The first-order chi connectivity index (χ1) is 14.1. The van der Waals surface area contributed by atoms with Gasteiger partial charge in [-0.25, -0.2) is 0 Å². The van der Waals surface area contributed by atoms with Crippen molar-refractivity contribution in [2.24, 2.45) is 5.41 Å². The highest BCUT2D eigenvalue weighted by atomic mass is 28.4. The lowest BCUT2D eigenvalue weighted by Gasteiger charge is -2.36. The molecule has 0 aliphatic rings. The van der Waals surface area contributed by atoms with Gasteiger partial charge in [0.1, 0.15) is 0 Å².